The topological polar surface area (TPSA) is 64.9 Å². The lowest BCUT2D eigenvalue weighted by Crippen LogP contribution is -2.04. The predicted molar refractivity (Wildman–Crippen MR) is 50.6 cm³/mol. The maximum atomic E-state index is 5.78. The number of pyridine rings is 1. The van der Waals surface area contributed by atoms with Gasteiger partial charge in [0.2, 0.25) is 0 Å². The van der Waals surface area contributed by atoms with E-state index in [1.54, 1.807) is 6.20 Å². The highest BCUT2D eigenvalue weighted by Gasteiger charge is 2.05. The van der Waals surface area contributed by atoms with Crippen molar-refractivity contribution in [2.45, 2.75) is 26.3 Å². The molecular weight excluding hydrogens is 150 g/mol. The van der Waals surface area contributed by atoms with Crippen molar-refractivity contribution in [1.82, 2.24) is 4.98 Å². The van der Waals surface area contributed by atoms with Gasteiger partial charge in [0.05, 0.1) is 11.4 Å². The van der Waals surface area contributed by atoms with Crippen molar-refractivity contribution in [1.29, 1.82) is 0 Å². The zero-order valence-corrected chi connectivity index (χ0v) is 7.54. The van der Waals surface area contributed by atoms with Crippen molar-refractivity contribution in [2.24, 2.45) is 5.73 Å². The van der Waals surface area contributed by atoms with Crippen LogP contribution in [0.3, 0.4) is 0 Å². The monoisotopic (exact) mass is 165 g/mol. The summed E-state index contributed by atoms with van der Waals surface area (Å²) in [6, 6.07) is 1.89. The average Bonchev–Trinajstić information content (AvgIpc) is 2.03. The van der Waals surface area contributed by atoms with Gasteiger partial charge in [-0.3, -0.25) is 4.98 Å². The van der Waals surface area contributed by atoms with Crippen LogP contribution in [0.25, 0.3) is 0 Å². The molecule has 1 heterocycles. The average molecular weight is 165 g/mol. The van der Waals surface area contributed by atoms with Gasteiger partial charge in [-0.05, 0) is 17.5 Å². The first-order valence-corrected chi connectivity index (χ1v) is 4.09. The van der Waals surface area contributed by atoms with Gasteiger partial charge in [0.15, 0.2) is 0 Å². The number of aromatic nitrogens is 1. The number of nitrogen functional groups attached to an aromatic ring is 1. The van der Waals surface area contributed by atoms with E-state index in [9.17, 15) is 0 Å². The number of nitrogens with zero attached hydrogens (tertiary/aromatic N) is 1. The lowest BCUT2D eigenvalue weighted by atomic mass is 10.1. The number of hydrogen-bond donors (Lipinski definition) is 2. The molecule has 0 aliphatic rings. The summed E-state index contributed by atoms with van der Waals surface area (Å²) in [4.78, 5) is 4.24. The second-order valence-electron chi connectivity index (χ2n) is 3.18. The first-order valence-electron chi connectivity index (χ1n) is 4.09. The summed E-state index contributed by atoms with van der Waals surface area (Å²) in [5.74, 6) is 0.372. The lowest BCUT2D eigenvalue weighted by molar-refractivity contribution is 0.822. The van der Waals surface area contributed by atoms with Gasteiger partial charge in [0, 0.05) is 12.7 Å². The quantitative estimate of drug-likeness (QED) is 0.693. The highest BCUT2D eigenvalue weighted by atomic mass is 14.7. The van der Waals surface area contributed by atoms with Gasteiger partial charge >= 0.3 is 0 Å². The number of hydrogen-bond acceptors (Lipinski definition) is 3. The Hall–Kier alpha value is -1.09. The molecule has 0 bridgehead atoms. The van der Waals surface area contributed by atoms with Crippen LogP contribution >= 0.6 is 0 Å². The zero-order chi connectivity index (χ0) is 9.14. The molecule has 0 amide bonds. The van der Waals surface area contributed by atoms with Crippen molar-refractivity contribution in [3.8, 4) is 0 Å². The van der Waals surface area contributed by atoms with Crippen LogP contribution in [0.2, 0.25) is 0 Å². The zero-order valence-electron chi connectivity index (χ0n) is 7.54. The third kappa shape index (κ3) is 1.74. The highest BCUT2D eigenvalue weighted by molar-refractivity contribution is 5.46. The largest absolute Gasteiger partial charge is 0.397 e. The molecule has 0 saturated heterocycles. The van der Waals surface area contributed by atoms with Crippen LogP contribution in [0.4, 0.5) is 5.69 Å². The Morgan fingerprint density at radius 2 is 2.17 bits per heavy atom. The molecule has 3 heteroatoms. The summed E-state index contributed by atoms with van der Waals surface area (Å²) in [5.41, 5.74) is 13.9. The van der Waals surface area contributed by atoms with E-state index in [0.29, 0.717) is 12.5 Å². The Morgan fingerprint density at radius 3 is 2.58 bits per heavy atom. The van der Waals surface area contributed by atoms with Crippen LogP contribution in [-0.4, -0.2) is 4.98 Å². The third-order valence-electron chi connectivity index (χ3n) is 1.79. The van der Waals surface area contributed by atoms with E-state index in [2.05, 4.69) is 18.8 Å². The molecule has 3 nitrogen and oxygen atoms in total. The fourth-order valence-electron chi connectivity index (χ4n) is 1.13. The number of rotatable bonds is 2. The molecule has 0 aliphatic heterocycles. The van der Waals surface area contributed by atoms with E-state index in [1.165, 1.54) is 0 Å². The van der Waals surface area contributed by atoms with Gasteiger partial charge in [-0.2, -0.15) is 0 Å². The number of nitrogens with two attached hydrogens (primary N) is 2. The normalized spacial score (nSPS) is 10.7. The molecule has 0 spiro atoms. The summed E-state index contributed by atoms with van der Waals surface area (Å²) in [7, 11) is 0. The Balaban J connectivity index is 3.03. The van der Waals surface area contributed by atoms with Gasteiger partial charge in [0.1, 0.15) is 0 Å². The molecule has 0 radical (unpaired) electrons. The Bertz CT molecular complexity index is 268. The molecule has 0 unspecified atom stereocenters. The summed E-state index contributed by atoms with van der Waals surface area (Å²) in [6.45, 7) is 4.64. The van der Waals surface area contributed by atoms with Crippen LogP contribution in [0.5, 0.6) is 0 Å². The van der Waals surface area contributed by atoms with Crippen molar-refractivity contribution < 1.29 is 0 Å². The van der Waals surface area contributed by atoms with Gasteiger partial charge in [0.25, 0.3) is 0 Å². The molecule has 12 heavy (non-hydrogen) atoms. The summed E-state index contributed by atoms with van der Waals surface area (Å²) in [5, 5.41) is 0. The molecular formula is C9H15N3. The molecule has 4 N–H and O–H groups in total. The molecule has 66 valence electrons. The van der Waals surface area contributed by atoms with E-state index >= 15 is 0 Å². The van der Waals surface area contributed by atoms with E-state index in [1.807, 2.05) is 6.07 Å². The van der Waals surface area contributed by atoms with Crippen molar-refractivity contribution >= 4 is 5.69 Å². The van der Waals surface area contributed by atoms with Crippen molar-refractivity contribution in [3.63, 3.8) is 0 Å². The number of anilines is 1. The smallest absolute Gasteiger partial charge is 0.0658 e. The van der Waals surface area contributed by atoms with Gasteiger partial charge in [-0.15, -0.1) is 0 Å². The van der Waals surface area contributed by atoms with Crippen LogP contribution < -0.4 is 11.5 Å². The lowest BCUT2D eigenvalue weighted by Gasteiger charge is -2.08. The predicted octanol–water partition coefficient (Wildman–Crippen LogP) is 1.25. The summed E-state index contributed by atoms with van der Waals surface area (Å²) in [6.07, 6.45) is 1.78. The summed E-state index contributed by atoms with van der Waals surface area (Å²) < 4.78 is 0. The SMILES string of the molecule is CC(C)c1ncc(CN)cc1N. The van der Waals surface area contributed by atoms with Crippen LogP contribution in [0.15, 0.2) is 12.3 Å². The van der Waals surface area contributed by atoms with Gasteiger partial charge in [-0.25, -0.2) is 0 Å². The molecule has 1 rings (SSSR count). The molecule has 0 aliphatic carbocycles. The minimum absolute atomic E-state index is 0.372. The van der Waals surface area contributed by atoms with Crippen molar-refractivity contribution in [2.75, 3.05) is 5.73 Å². The van der Waals surface area contributed by atoms with E-state index < -0.39 is 0 Å². The van der Waals surface area contributed by atoms with Crippen LogP contribution in [-0.2, 0) is 6.54 Å². The van der Waals surface area contributed by atoms with Crippen molar-refractivity contribution in [3.05, 3.63) is 23.5 Å². The minimum atomic E-state index is 0.372. The maximum absolute atomic E-state index is 5.78. The molecule has 0 atom stereocenters. The molecule has 0 aromatic carbocycles. The molecule has 0 saturated carbocycles. The molecule has 1 aromatic heterocycles. The minimum Gasteiger partial charge on any atom is -0.397 e. The second-order valence-corrected chi connectivity index (χ2v) is 3.18. The Kier molecular flexibility index (Phi) is 2.65. The Morgan fingerprint density at radius 1 is 1.50 bits per heavy atom. The summed E-state index contributed by atoms with van der Waals surface area (Å²) >= 11 is 0. The van der Waals surface area contributed by atoms with Gasteiger partial charge in [-0.1, -0.05) is 13.8 Å². The fourth-order valence-corrected chi connectivity index (χ4v) is 1.13. The highest BCUT2D eigenvalue weighted by Crippen LogP contribution is 2.19. The Labute approximate surface area is 72.8 Å². The van der Waals surface area contributed by atoms with Gasteiger partial charge < -0.3 is 11.5 Å². The van der Waals surface area contributed by atoms with E-state index in [4.69, 9.17) is 11.5 Å². The molecule has 1 aromatic rings. The second kappa shape index (κ2) is 3.54. The van der Waals surface area contributed by atoms with Crippen LogP contribution in [0.1, 0.15) is 31.0 Å². The van der Waals surface area contributed by atoms with Crippen LogP contribution in [0, 0.1) is 0 Å². The fraction of sp³-hybridized carbons (Fsp3) is 0.444. The maximum Gasteiger partial charge on any atom is 0.0658 e. The standard InChI is InChI=1S/C9H15N3/c1-6(2)9-8(11)3-7(4-10)5-12-9/h3,5-6H,4,10-11H2,1-2H3. The molecule has 0 fully saturated rings. The van der Waals surface area contributed by atoms with E-state index in [-0.39, 0.29) is 0 Å². The van der Waals surface area contributed by atoms with E-state index in [0.717, 1.165) is 16.9 Å². The first kappa shape index (κ1) is 9.00. The third-order valence-corrected chi connectivity index (χ3v) is 1.79. The first-order chi connectivity index (χ1) is 5.65.